The Hall–Kier alpha value is -2.57. The summed E-state index contributed by atoms with van der Waals surface area (Å²) in [4.78, 5) is 27.0. The van der Waals surface area contributed by atoms with Gasteiger partial charge < -0.3 is 5.32 Å². The number of halogens is 1. The minimum Gasteiger partial charge on any atom is -0.322 e. The van der Waals surface area contributed by atoms with Crippen molar-refractivity contribution in [3.05, 3.63) is 94.0 Å². The summed E-state index contributed by atoms with van der Waals surface area (Å²) in [5.41, 5.74) is 4.56. The summed E-state index contributed by atoms with van der Waals surface area (Å²) in [6.07, 6.45) is 0. The van der Waals surface area contributed by atoms with Gasteiger partial charge in [-0.15, -0.1) is 11.8 Å². The highest BCUT2D eigenvalue weighted by molar-refractivity contribution is 9.10. The van der Waals surface area contributed by atoms with Crippen molar-refractivity contribution in [3.8, 4) is 0 Å². The summed E-state index contributed by atoms with van der Waals surface area (Å²) in [5.74, 6) is 0.403. The van der Waals surface area contributed by atoms with Crippen molar-refractivity contribution in [3.63, 3.8) is 0 Å². The molecule has 4 rings (SSSR count). The second-order valence-electron chi connectivity index (χ2n) is 8.81. The van der Waals surface area contributed by atoms with E-state index in [2.05, 4.69) is 54.2 Å². The lowest BCUT2D eigenvalue weighted by Crippen LogP contribution is -2.28. The zero-order chi connectivity index (χ0) is 22.9. The minimum atomic E-state index is -0.156. The number of hydrogen-bond donors (Lipinski definition) is 1. The van der Waals surface area contributed by atoms with Gasteiger partial charge in [-0.2, -0.15) is 0 Å². The van der Waals surface area contributed by atoms with Crippen molar-refractivity contribution in [2.75, 3.05) is 16.0 Å². The number of nitrogens with zero attached hydrogens (tertiary/aromatic N) is 1. The Bertz CT molecular complexity index is 1120. The summed E-state index contributed by atoms with van der Waals surface area (Å²) in [5, 5.41) is 2.84. The number of anilines is 2. The maximum Gasteiger partial charge on any atom is 0.255 e. The molecule has 0 spiro atoms. The van der Waals surface area contributed by atoms with Crippen LogP contribution in [-0.2, 0) is 10.2 Å². The van der Waals surface area contributed by atoms with E-state index in [-0.39, 0.29) is 22.6 Å². The molecule has 0 aromatic heterocycles. The number of hydrogen-bond acceptors (Lipinski definition) is 3. The van der Waals surface area contributed by atoms with Gasteiger partial charge in [-0.05, 0) is 65.1 Å². The molecule has 3 aromatic carbocycles. The average Bonchev–Trinajstić information content (AvgIpc) is 3.15. The van der Waals surface area contributed by atoms with Crippen LogP contribution in [0.3, 0.4) is 0 Å². The number of carbonyl (C=O) groups excluding carboxylic acids is 2. The number of benzene rings is 3. The van der Waals surface area contributed by atoms with E-state index in [9.17, 15) is 9.59 Å². The normalized spacial score (nSPS) is 16.3. The summed E-state index contributed by atoms with van der Waals surface area (Å²) in [6.45, 7) is 6.54. The zero-order valence-electron chi connectivity index (χ0n) is 18.3. The van der Waals surface area contributed by atoms with Gasteiger partial charge in [0.15, 0.2) is 0 Å². The maximum atomic E-state index is 12.7. The largest absolute Gasteiger partial charge is 0.322 e. The number of thioether (sulfide) groups is 1. The van der Waals surface area contributed by atoms with Crippen LogP contribution in [0.15, 0.2) is 77.3 Å². The molecule has 1 aliphatic rings. The van der Waals surface area contributed by atoms with Crippen LogP contribution in [0.5, 0.6) is 0 Å². The van der Waals surface area contributed by atoms with Gasteiger partial charge in [-0.25, -0.2) is 0 Å². The lowest BCUT2D eigenvalue weighted by atomic mass is 9.87. The Morgan fingerprint density at radius 2 is 1.59 bits per heavy atom. The molecule has 164 valence electrons. The van der Waals surface area contributed by atoms with Crippen molar-refractivity contribution in [2.24, 2.45) is 0 Å². The van der Waals surface area contributed by atoms with Gasteiger partial charge in [-0.3, -0.25) is 14.5 Å². The Balaban J connectivity index is 1.50. The molecule has 2 amide bonds. The molecule has 0 radical (unpaired) electrons. The molecule has 0 bridgehead atoms. The van der Waals surface area contributed by atoms with Gasteiger partial charge in [0.25, 0.3) is 5.91 Å². The summed E-state index contributed by atoms with van der Waals surface area (Å²) >= 11 is 5.00. The molecular weight excluding hydrogens is 484 g/mol. The van der Waals surface area contributed by atoms with Crippen LogP contribution in [0.2, 0.25) is 0 Å². The van der Waals surface area contributed by atoms with E-state index in [1.807, 2.05) is 53.4 Å². The predicted molar refractivity (Wildman–Crippen MR) is 136 cm³/mol. The molecule has 6 heteroatoms. The molecule has 1 fully saturated rings. The van der Waals surface area contributed by atoms with Gasteiger partial charge >= 0.3 is 0 Å². The van der Waals surface area contributed by atoms with Gasteiger partial charge in [0, 0.05) is 21.4 Å². The third-order valence-electron chi connectivity index (χ3n) is 5.44. The van der Waals surface area contributed by atoms with E-state index in [0.29, 0.717) is 11.3 Å². The van der Waals surface area contributed by atoms with E-state index in [4.69, 9.17) is 0 Å². The number of carbonyl (C=O) groups is 2. The van der Waals surface area contributed by atoms with Gasteiger partial charge in [0.2, 0.25) is 5.91 Å². The first-order chi connectivity index (χ1) is 15.2. The van der Waals surface area contributed by atoms with Gasteiger partial charge in [0.1, 0.15) is 5.37 Å². The molecule has 1 N–H and O–H groups in total. The monoisotopic (exact) mass is 508 g/mol. The first-order valence-electron chi connectivity index (χ1n) is 10.4. The van der Waals surface area contributed by atoms with E-state index >= 15 is 0 Å². The number of amides is 2. The second-order valence-corrected chi connectivity index (χ2v) is 10.8. The van der Waals surface area contributed by atoms with Crippen molar-refractivity contribution in [2.45, 2.75) is 31.6 Å². The first-order valence-corrected chi connectivity index (χ1v) is 12.3. The van der Waals surface area contributed by atoms with E-state index < -0.39 is 0 Å². The maximum absolute atomic E-state index is 12.7. The number of nitrogens with one attached hydrogen (secondary N) is 1. The van der Waals surface area contributed by atoms with Crippen LogP contribution in [0, 0.1) is 0 Å². The highest BCUT2D eigenvalue weighted by atomic mass is 79.9. The van der Waals surface area contributed by atoms with Crippen molar-refractivity contribution >= 4 is 50.9 Å². The molecule has 1 unspecified atom stereocenters. The molecular formula is C26H25BrN2O2S. The molecule has 1 atom stereocenters. The summed E-state index contributed by atoms with van der Waals surface area (Å²) < 4.78 is 0.930. The van der Waals surface area contributed by atoms with E-state index in [1.54, 1.807) is 23.9 Å². The highest BCUT2D eigenvalue weighted by Gasteiger charge is 2.34. The molecule has 32 heavy (non-hydrogen) atoms. The van der Waals surface area contributed by atoms with Crippen LogP contribution in [0.25, 0.3) is 0 Å². The molecule has 1 aliphatic heterocycles. The predicted octanol–water partition coefficient (Wildman–Crippen LogP) is 6.78. The van der Waals surface area contributed by atoms with Crippen LogP contribution >= 0.6 is 27.7 Å². The lowest BCUT2D eigenvalue weighted by molar-refractivity contribution is -0.115. The molecule has 3 aromatic rings. The summed E-state index contributed by atoms with van der Waals surface area (Å²) in [7, 11) is 0. The quantitative estimate of drug-likeness (QED) is 0.422. The fraction of sp³-hybridized carbons (Fsp3) is 0.231. The molecule has 1 saturated heterocycles. The Labute approximate surface area is 201 Å². The highest BCUT2D eigenvalue weighted by Crippen LogP contribution is 2.42. The third kappa shape index (κ3) is 4.92. The molecule has 0 aliphatic carbocycles. The smallest absolute Gasteiger partial charge is 0.255 e. The van der Waals surface area contributed by atoms with Crippen molar-refractivity contribution < 1.29 is 9.59 Å². The molecule has 1 heterocycles. The Kier molecular flexibility index (Phi) is 6.45. The first kappa shape index (κ1) is 22.6. The van der Waals surface area contributed by atoms with E-state index in [1.165, 1.54) is 5.56 Å². The molecule has 4 nitrogen and oxygen atoms in total. The second kappa shape index (κ2) is 9.12. The van der Waals surface area contributed by atoms with E-state index in [0.717, 1.165) is 21.4 Å². The lowest BCUT2D eigenvalue weighted by Gasteiger charge is -2.26. The zero-order valence-corrected chi connectivity index (χ0v) is 20.7. The van der Waals surface area contributed by atoms with Gasteiger partial charge in [0.05, 0.1) is 5.75 Å². The third-order valence-corrected chi connectivity index (χ3v) is 7.18. The fourth-order valence-electron chi connectivity index (χ4n) is 3.61. The molecule has 0 saturated carbocycles. The van der Waals surface area contributed by atoms with Crippen LogP contribution < -0.4 is 10.2 Å². The van der Waals surface area contributed by atoms with Crippen LogP contribution in [0.1, 0.15) is 47.6 Å². The van der Waals surface area contributed by atoms with Crippen molar-refractivity contribution in [1.82, 2.24) is 0 Å². The summed E-state index contributed by atoms with van der Waals surface area (Å²) in [6, 6.07) is 23.2. The number of rotatable bonds is 4. The topological polar surface area (TPSA) is 49.4 Å². The van der Waals surface area contributed by atoms with Gasteiger partial charge in [-0.1, -0.05) is 61.0 Å². The average molecular weight is 509 g/mol. The Morgan fingerprint density at radius 1 is 0.969 bits per heavy atom. The Morgan fingerprint density at radius 3 is 2.19 bits per heavy atom. The van der Waals surface area contributed by atoms with Crippen molar-refractivity contribution in [1.29, 1.82) is 0 Å². The van der Waals surface area contributed by atoms with Crippen LogP contribution in [0.4, 0.5) is 11.4 Å². The fourth-order valence-corrected chi connectivity index (χ4v) is 5.05. The minimum absolute atomic E-state index is 0.0677. The van der Waals surface area contributed by atoms with Crippen LogP contribution in [-0.4, -0.2) is 17.6 Å². The SMILES string of the molecule is CC(C)(C)c1ccc(N2C(=O)CSC2c2ccc(NC(=O)c3ccc(Br)cc3)cc2)cc1. The standard InChI is InChI=1S/C26H25BrN2O2S/c1-26(2,3)19-8-14-22(15-9-19)29-23(30)16-32-25(29)18-6-12-21(13-7-18)28-24(31)17-4-10-20(27)11-5-17/h4-15,25H,16H2,1-3H3,(H,28,31).